The fourth-order valence-corrected chi connectivity index (χ4v) is 7.74. The fourth-order valence-electron chi connectivity index (χ4n) is 6.84. The Hall–Kier alpha value is -2.87. The number of rotatable bonds is 8. The molecule has 1 amide bonds. The van der Waals surface area contributed by atoms with Gasteiger partial charge in [-0.3, -0.25) is 9.36 Å². The number of hydrogen-bond acceptors (Lipinski definition) is 5. The maximum Gasteiger partial charge on any atom is 0.237 e. The second kappa shape index (κ2) is 10.1. The predicted molar refractivity (Wildman–Crippen MR) is 142 cm³/mol. The standard InChI is InChI=1S/C29H33FN4O2S/c1-18-13-22-7-3-5-9-25(22)33(18)28(35)17-37-29-32-31-27(16-36-26-10-6-4-8-24(26)30)34(29)19(2)23-15-20-11-12-21(23)14-20/h3-10,18-21,23H,11-17H2,1-2H3/t18-,19-,20+,21+,23-/m0/s1. The van der Waals surface area contributed by atoms with E-state index in [1.54, 1.807) is 18.2 Å². The molecule has 2 saturated carbocycles. The summed E-state index contributed by atoms with van der Waals surface area (Å²) in [5, 5.41) is 9.69. The van der Waals surface area contributed by atoms with E-state index < -0.39 is 5.82 Å². The minimum atomic E-state index is -0.394. The highest BCUT2D eigenvalue weighted by Crippen LogP contribution is 2.52. The van der Waals surface area contributed by atoms with E-state index in [2.05, 4.69) is 34.7 Å². The zero-order valence-electron chi connectivity index (χ0n) is 21.3. The molecule has 2 fully saturated rings. The molecule has 2 aliphatic carbocycles. The van der Waals surface area contributed by atoms with Crippen molar-refractivity contribution in [3.8, 4) is 5.75 Å². The highest BCUT2D eigenvalue weighted by atomic mass is 32.2. The molecule has 2 aromatic carbocycles. The zero-order valence-corrected chi connectivity index (χ0v) is 22.2. The first-order chi connectivity index (χ1) is 18.0. The molecule has 0 unspecified atom stereocenters. The Morgan fingerprint density at radius 3 is 2.73 bits per heavy atom. The van der Waals surface area contributed by atoms with Gasteiger partial charge in [0.2, 0.25) is 5.91 Å². The first-order valence-corrected chi connectivity index (χ1v) is 14.3. The maximum atomic E-state index is 14.2. The lowest BCUT2D eigenvalue weighted by Gasteiger charge is -2.30. The van der Waals surface area contributed by atoms with Crippen LogP contribution in [0.1, 0.15) is 57.0 Å². The molecule has 6 nitrogen and oxygen atoms in total. The van der Waals surface area contributed by atoms with Crippen molar-refractivity contribution in [3.63, 3.8) is 0 Å². The number of para-hydroxylation sites is 2. The lowest BCUT2D eigenvalue weighted by Crippen LogP contribution is -2.37. The summed E-state index contributed by atoms with van der Waals surface area (Å²) in [6.07, 6.45) is 6.04. The highest BCUT2D eigenvalue weighted by Gasteiger charge is 2.43. The van der Waals surface area contributed by atoms with E-state index in [-0.39, 0.29) is 36.1 Å². The number of amides is 1. The summed E-state index contributed by atoms with van der Waals surface area (Å²) >= 11 is 1.44. The van der Waals surface area contributed by atoms with Gasteiger partial charge in [-0.15, -0.1) is 10.2 Å². The molecule has 0 saturated heterocycles. The Kier molecular flexibility index (Phi) is 6.69. The number of nitrogens with zero attached hydrogens (tertiary/aromatic N) is 4. The van der Waals surface area contributed by atoms with Crippen LogP contribution in [-0.2, 0) is 17.8 Å². The van der Waals surface area contributed by atoms with E-state index >= 15 is 0 Å². The molecule has 1 aromatic heterocycles. The van der Waals surface area contributed by atoms with E-state index in [0.717, 1.165) is 29.1 Å². The Morgan fingerprint density at radius 2 is 1.95 bits per heavy atom. The van der Waals surface area contributed by atoms with Gasteiger partial charge in [-0.1, -0.05) is 48.5 Å². The minimum Gasteiger partial charge on any atom is -0.483 e. The van der Waals surface area contributed by atoms with Crippen molar-refractivity contribution in [2.45, 2.75) is 69.8 Å². The quantitative estimate of drug-likeness (QED) is 0.338. The molecule has 2 heterocycles. The van der Waals surface area contributed by atoms with Gasteiger partial charge in [-0.05, 0) is 81.0 Å². The summed E-state index contributed by atoms with van der Waals surface area (Å²) in [5.74, 6) is 2.95. The molecule has 5 atom stereocenters. The second-order valence-corrected chi connectivity index (χ2v) is 11.7. The van der Waals surface area contributed by atoms with E-state index in [0.29, 0.717) is 11.7 Å². The molecule has 194 valence electrons. The van der Waals surface area contributed by atoms with Crippen LogP contribution < -0.4 is 9.64 Å². The van der Waals surface area contributed by atoms with E-state index in [1.807, 2.05) is 23.1 Å². The number of aromatic nitrogens is 3. The van der Waals surface area contributed by atoms with E-state index in [1.165, 1.54) is 49.1 Å². The van der Waals surface area contributed by atoms with Crippen LogP contribution in [0.2, 0.25) is 0 Å². The molecular weight excluding hydrogens is 487 g/mol. The molecule has 0 N–H and O–H groups in total. The van der Waals surface area contributed by atoms with Crippen molar-refractivity contribution in [1.29, 1.82) is 0 Å². The molecule has 0 radical (unpaired) electrons. The third kappa shape index (κ3) is 4.65. The first-order valence-electron chi connectivity index (χ1n) is 13.3. The Morgan fingerprint density at radius 1 is 1.14 bits per heavy atom. The lowest BCUT2D eigenvalue weighted by atomic mass is 9.84. The molecule has 6 rings (SSSR count). The van der Waals surface area contributed by atoms with Crippen molar-refractivity contribution in [1.82, 2.24) is 14.8 Å². The van der Waals surface area contributed by atoms with Crippen LogP contribution in [0.15, 0.2) is 53.7 Å². The Balaban J connectivity index is 1.22. The van der Waals surface area contributed by atoms with Crippen LogP contribution >= 0.6 is 11.8 Å². The number of benzene rings is 2. The van der Waals surface area contributed by atoms with Gasteiger partial charge in [-0.25, -0.2) is 4.39 Å². The van der Waals surface area contributed by atoms with Crippen molar-refractivity contribution in [2.24, 2.45) is 17.8 Å². The first kappa shape index (κ1) is 24.5. The van der Waals surface area contributed by atoms with Gasteiger partial charge in [0.05, 0.1) is 5.75 Å². The zero-order chi connectivity index (χ0) is 25.5. The number of ether oxygens (including phenoxy) is 1. The summed E-state index contributed by atoms with van der Waals surface area (Å²) in [5.41, 5.74) is 2.23. The average Bonchev–Trinajstić information content (AvgIpc) is 3.68. The van der Waals surface area contributed by atoms with Gasteiger partial charge < -0.3 is 9.64 Å². The molecule has 0 spiro atoms. The SMILES string of the molecule is C[C@H]1Cc2ccccc2N1C(=O)CSc1nnc(COc2ccccc2F)n1[C@@H](C)[C@@H]1C[C@@H]2CC[C@@H]1C2. The third-order valence-electron chi connectivity index (χ3n) is 8.55. The van der Waals surface area contributed by atoms with Crippen LogP contribution in [0.3, 0.4) is 0 Å². The van der Waals surface area contributed by atoms with Crippen LogP contribution in [0.5, 0.6) is 5.75 Å². The van der Waals surface area contributed by atoms with Gasteiger partial charge >= 0.3 is 0 Å². The minimum absolute atomic E-state index is 0.0775. The molecule has 3 aliphatic rings. The molecule has 1 aliphatic heterocycles. The van der Waals surface area contributed by atoms with Crippen molar-refractivity contribution in [2.75, 3.05) is 10.7 Å². The number of thioether (sulfide) groups is 1. The van der Waals surface area contributed by atoms with Crippen LogP contribution in [0.4, 0.5) is 10.1 Å². The molecule has 3 aromatic rings. The van der Waals surface area contributed by atoms with Crippen molar-refractivity contribution >= 4 is 23.4 Å². The van der Waals surface area contributed by atoms with Gasteiger partial charge in [0, 0.05) is 17.8 Å². The molecule has 37 heavy (non-hydrogen) atoms. The summed E-state index contributed by atoms with van der Waals surface area (Å²) < 4.78 is 22.2. The third-order valence-corrected chi connectivity index (χ3v) is 9.48. The highest BCUT2D eigenvalue weighted by molar-refractivity contribution is 7.99. The smallest absolute Gasteiger partial charge is 0.237 e. The summed E-state index contributed by atoms with van der Waals surface area (Å²) in [6, 6.07) is 14.9. The maximum absolute atomic E-state index is 14.2. The number of hydrogen-bond donors (Lipinski definition) is 0. The largest absolute Gasteiger partial charge is 0.483 e. The van der Waals surface area contributed by atoms with E-state index in [9.17, 15) is 9.18 Å². The summed E-state index contributed by atoms with van der Waals surface area (Å²) in [6.45, 7) is 4.47. The fraction of sp³-hybridized carbons (Fsp3) is 0.483. The second-order valence-electron chi connectivity index (χ2n) is 10.8. The van der Waals surface area contributed by atoms with Crippen molar-refractivity contribution < 1.29 is 13.9 Å². The predicted octanol–water partition coefficient (Wildman–Crippen LogP) is 6.06. The number of anilines is 1. The topological polar surface area (TPSA) is 60.3 Å². The molecule has 2 bridgehead atoms. The lowest BCUT2D eigenvalue weighted by molar-refractivity contribution is -0.116. The summed E-state index contributed by atoms with van der Waals surface area (Å²) in [4.78, 5) is 15.3. The van der Waals surface area contributed by atoms with Gasteiger partial charge in [0.15, 0.2) is 22.5 Å². The normalized spacial score (nSPS) is 24.9. The van der Waals surface area contributed by atoms with Crippen LogP contribution in [0, 0.1) is 23.6 Å². The number of fused-ring (bicyclic) bond motifs is 3. The molecule has 8 heteroatoms. The molecular formula is C29H33FN4O2S. The average molecular weight is 521 g/mol. The van der Waals surface area contributed by atoms with Gasteiger partial charge in [0.25, 0.3) is 0 Å². The monoisotopic (exact) mass is 520 g/mol. The Bertz CT molecular complexity index is 1300. The van der Waals surface area contributed by atoms with Gasteiger partial charge in [0.1, 0.15) is 6.61 Å². The van der Waals surface area contributed by atoms with Crippen LogP contribution in [-0.4, -0.2) is 32.5 Å². The van der Waals surface area contributed by atoms with Crippen molar-refractivity contribution in [3.05, 3.63) is 65.7 Å². The summed E-state index contributed by atoms with van der Waals surface area (Å²) in [7, 11) is 0. The van der Waals surface area contributed by atoms with Crippen LogP contribution in [0.25, 0.3) is 0 Å². The van der Waals surface area contributed by atoms with Gasteiger partial charge in [-0.2, -0.15) is 0 Å². The van der Waals surface area contributed by atoms with E-state index in [4.69, 9.17) is 4.74 Å². The number of carbonyl (C=O) groups is 1. The number of halogens is 1. The Labute approximate surface area is 221 Å². The number of carbonyl (C=O) groups excluding carboxylic acids is 1.